The Balaban J connectivity index is 0.00000243. The van der Waals surface area contributed by atoms with Gasteiger partial charge in [0.2, 0.25) is 0 Å². The largest absolute Gasteiger partial charge is 1.00 e. The van der Waals surface area contributed by atoms with Crippen LogP contribution in [0, 0.1) is 0 Å². The van der Waals surface area contributed by atoms with Gasteiger partial charge in [-0.15, -0.1) is 0 Å². The van der Waals surface area contributed by atoms with Crippen LogP contribution in [0.25, 0.3) is 10.9 Å². The molecule has 142 valence electrons. The molecule has 1 aromatic heterocycles. The highest BCUT2D eigenvalue weighted by Crippen LogP contribution is 2.31. The van der Waals surface area contributed by atoms with Crippen LogP contribution in [0.4, 0.5) is 0 Å². The fourth-order valence-electron chi connectivity index (χ4n) is 3.58. The summed E-state index contributed by atoms with van der Waals surface area (Å²) >= 11 is 0. The summed E-state index contributed by atoms with van der Waals surface area (Å²) in [6, 6.07) is 5.60. The van der Waals surface area contributed by atoms with E-state index in [1.54, 1.807) is 10.6 Å². The lowest BCUT2D eigenvalue weighted by atomic mass is 9.99. The molecule has 0 fully saturated rings. The molecular weight excluding hydrogens is 354 g/mol. The fourth-order valence-corrected chi connectivity index (χ4v) is 3.58. The summed E-state index contributed by atoms with van der Waals surface area (Å²) in [5.74, 6) is -0.711. The Labute approximate surface area is 159 Å². The molecule has 1 amide bonds. The molecule has 6 nitrogen and oxygen atoms in total. The van der Waals surface area contributed by atoms with Crippen LogP contribution >= 0.6 is 0 Å². The van der Waals surface area contributed by atoms with Gasteiger partial charge in [-0.05, 0) is 37.6 Å². The first-order chi connectivity index (χ1) is 12.1. The highest BCUT2D eigenvalue weighted by molar-refractivity contribution is 6.02. The maximum Gasteiger partial charge on any atom is 0.267 e. The van der Waals surface area contributed by atoms with Crippen molar-refractivity contribution in [1.82, 2.24) is 14.8 Å². The third-order valence-electron chi connectivity index (χ3n) is 5.00. The van der Waals surface area contributed by atoms with Gasteiger partial charge in [0.05, 0.1) is 5.52 Å². The molecule has 2 heterocycles. The molecule has 1 aliphatic heterocycles. The molecule has 0 atom stereocenters. The normalized spacial score (nSPS) is 12.9. The maximum atomic E-state index is 12.8. The number of nitrogens with one attached hydrogen (secondary N) is 1. The average Bonchev–Trinajstić information content (AvgIpc) is 2.63. The van der Waals surface area contributed by atoms with Crippen molar-refractivity contribution in [2.45, 2.75) is 33.2 Å². The number of hydrogen-bond donors (Lipinski definition) is 2. The number of carbonyl (C=O) groups excluding carboxylic acids is 1. The second-order valence-electron chi connectivity index (χ2n) is 6.38. The number of aromatic hydroxyl groups is 1. The van der Waals surface area contributed by atoms with E-state index in [-0.39, 0.29) is 23.7 Å². The predicted octanol–water partition coefficient (Wildman–Crippen LogP) is -1.27. The monoisotopic (exact) mass is 378 g/mol. The summed E-state index contributed by atoms with van der Waals surface area (Å²) in [5, 5.41) is 13.9. The van der Waals surface area contributed by atoms with E-state index in [1.165, 1.54) is 0 Å². The van der Waals surface area contributed by atoms with Gasteiger partial charge in [-0.3, -0.25) is 9.59 Å². The number of carbonyl (C=O) groups is 1. The third kappa shape index (κ3) is 3.57. The number of halogens is 1. The zero-order chi connectivity index (χ0) is 18.0. The molecule has 0 radical (unpaired) electrons. The van der Waals surface area contributed by atoms with Gasteiger partial charge < -0.3 is 32.3 Å². The van der Waals surface area contributed by atoms with Crippen molar-refractivity contribution < 1.29 is 22.3 Å². The molecule has 2 N–H and O–H groups in total. The van der Waals surface area contributed by atoms with Crippen molar-refractivity contribution in [3.8, 4) is 5.75 Å². The highest BCUT2D eigenvalue weighted by atomic mass is 35.5. The second-order valence-corrected chi connectivity index (χ2v) is 6.38. The smallest absolute Gasteiger partial charge is 0.267 e. The van der Waals surface area contributed by atoms with Crippen molar-refractivity contribution in [2.75, 3.05) is 26.2 Å². The van der Waals surface area contributed by atoms with Crippen LogP contribution in [0.15, 0.2) is 23.0 Å². The SMILES string of the molecule is CCN(CC)CCNC(=O)c1c(O)c2cccc3c2n(c1=O)CCC3.[Cl-]. The van der Waals surface area contributed by atoms with Gasteiger partial charge in [0.25, 0.3) is 11.5 Å². The Bertz CT molecular complexity index is 859. The van der Waals surface area contributed by atoms with Gasteiger partial charge in [-0.1, -0.05) is 26.0 Å². The number of nitrogens with zero attached hydrogens (tertiary/aromatic N) is 2. The van der Waals surface area contributed by atoms with E-state index in [2.05, 4.69) is 24.1 Å². The van der Waals surface area contributed by atoms with Crippen molar-refractivity contribution in [3.05, 3.63) is 39.7 Å². The molecular formula is C19H25ClN3O3-. The fraction of sp³-hybridized carbons (Fsp3) is 0.474. The van der Waals surface area contributed by atoms with Crippen LogP contribution in [-0.2, 0) is 13.0 Å². The molecule has 0 unspecified atom stereocenters. The molecule has 0 saturated carbocycles. The molecule has 0 bridgehead atoms. The van der Waals surface area contributed by atoms with E-state index in [0.29, 0.717) is 25.0 Å². The first-order valence-corrected chi connectivity index (χ1v) is 8.96. The van der Waals surface area contributed by atoms with E-state index in [4.69, 9.17) is 0 Å². The van der Waals surface area contributed by atoms with Crippen LogP contribution in [0.3, 0.4) is 0 Å². The van der Waals surface area contributed by atoms with Gasteiger partial charge in [0.15, 0.2) is 0 Å². The lowest BCUT2D eigenvalue weighted by molar-refractivity contribution is -0.0000150. The average molecular weight is 379 g/mol. The molecule has 26 heavy (non-hydrogen) atoms. The minimum atomic E-state index is -0.503. The highest BCUT2D eigenvalue weighted by Gasteiger charge is 2.24. The standard InChI is InChI=1S/C19H25N3O3.ClH/c1-3-21(4-2)12-10-20-18(24)15-17(23)14-9-5-7-13-8-6-11-22(16(13)14)19(15)25;/h5,7,9,23H,3-4,6,8,10-12H2,1-2H3,(H,20,24);1H/p-1. The Morgan fingerprint density at radius 2 is 2.04 bits per heavy atom. The van der Waals surface area contributed by atoms with Gasteiger partial charge >= 0.3 is 0 Å². The zero-order valence-corrected chi connectivity index (χ0v) is 16.0. The van der Waals surface area contributed by atoms with Crippen molar-refractivity contribution >= 4 is 16.8 Å². The van der Waals surface area contributed by atoms with Crippen LogP contribution in [0.2, 0.25) is 0 Å². The predicted molar refractivity (Wildman–Crippen MR) is 98.3 cm³/mol. The Morgan fingerprint density at radius 1 is 1.31 bits per heavy atom. The maximum absolute atomic E-state index is 12.8. The number of pyridine rings is 1. The van der Waals surface area contributed by atoms with E-state index in [9.17, 15) is 14.7 Å². The van der Waals surface area contributed by atoms with Crippen molar-refractivity contribution in [3.63, 3.8) is 0 Å². The third-order valence-corrected chi connectivity index (χ3v) is 5.00. The molecule has 1 aromatic carbocycles. The van der Waals surface area contributed by atoms with E-state index < -0.39 is 11.5 Å². The quantitative estimate of drug-likeness (QED) is 0.657. The van der Waals surface area contributed by atoms with Gasteiger partial charge in [-0.2, -0.15) is 0 Å². The van der Waals surface area contributed by atoms with Crippen molar-refractivity contribution in [1.29, 1.82) is 0 Å². The van der Waals surface area contributed by atoms with E-state index in [0.717, 1.165) is 37.0 Å². The van der Waals surface area contributed by atoms with Crippen molar-refractivity contribution in [2.24, 2.45) is 0 Å². The number of aryl methyl sites for hydroxylation is 2. The summed E-state index contributed by atoms with van der Waals surface area (Å²) in [6.07, 6.45) is 1.74. The topological polar surface area (TPSA) is 74.6 Å². The molecule has 2 aromatic rings. The molecule has 0 saturated heterocycles. The Kier molecular flexibility index (Phi) is 6.67. The number of amides is 1. The first-order valence-electron chi connectivity index (χ1n) is 8.96. The molecule has 3 rings (SSSR count). The van der Waals surface area contributed by atoms with Gasteiger partial charge in [0.1, 0.15) is 11.3 Å². The van der Waals surface area contributed by atoms with Crippen LogP contribution < -0.4 is 23.3 Å². The summed E-state index contributed by atoms with van der Waals surface area (Å²) in [7, 11) is 0. The number of rotatable bonds is 6. The summed E-state index contributed by atoms with van der Waals surface area (Å²) in [6.45, 7) is 7.67. The number of hydrogen-bond acceptors (Lipinski definition) is 4. The minimum Gasteiger partial charge on any atom is -1.00 e. The van der Waals surface area contributed by atoms with Gasteiger partial charge in [-0.25, -0.2) is 0 Å². The summed E-state index contributed by atoms with van der Waals surface area (Å²) in [4.78, 5) is 27.5. The van der Waals surface area contributed by atoms with Gasteiger partial charge in [0, 0.05) is 25.0 Å². The van der Waals surface area contributed by atoms with Crippen LogP contribution in [0.5, 0.6) is 5.75 Å². The lowest BCUT2D eigenvalue weighted by Gasteiger charge is -2.21. The second kappa shape index (κ2) is 8.56. The molecule has 0 aliphatic carbocycles. The minimum absolute atomic E-state index is 0. The van der Waals surface area contributed by atoms with Crippen LogP contribution in [-0.4, -0.2) is 46.7 Å². The number of benzene rings is 1. The van der Waals surface area contributed by atoms with E-state index in [1.807, 2.05) is 12.1 Å². The number of aromatic nitrogens is 1. The van der Waals surface area contributed by atoms with E-state index >= 15 is 0 Å². The van der Waals surface area contributed by atoms with Crippen LogP contribution in [0.1, 0.15) is 36.2 Å². The number of para-hydroxylation sites is 1. The first kappa shape index (κ1) is 20.3. The Hall–Kier alpha value is -2.05. The number of likely N-dealkylation sites (N-methyl/N-ethyl adjacent to an activating group) is 1. The Morgan fingerprint density at radius 3 is 2.73 bits per heavy atom. The lowest BCUT2D eigenvalue weighted by Crippen LogP contribution is -3.00. The summed E-state index contributed by atoms with van der Waals surface area (Å²) < 4.78 is 1.63. The summed E-state index contributed by atoms with van der Waals surface area (Å²) in [5.41, 5.74) is 1.25. The molecule has 1 aliphatic rings. The molecule has 7 heteroatoms. The zero-order valence-electron chi connectivity index (χ0n) is 15.2. The molecule has 0 spiro atoms.